The molecule has 0 bridgehead atoms. The van der Waals surface area contributed by atoms with Gasteiger partial charge in [0.1, 0.15) is 17.8 Å². The molecule has 6 nitrogen and oxygen atoms in total. The highest BCUT2D eigenvalue weighted by Crippen LogP contribution is 2.41. The highest BCUT2D eigenvalue weighted by molar-refractivity contribution is 5.87. The molecule has 2 aliphatic rings. The van der Waals surface area contributed by atoms with Crippen molar-refractivity contribution in [1.29, 1.82) is 0 Å². The Kier molecular flexibility index (Phi) is 4.22. The van der Waals surface area contributed by atoms with Gasteiger partial charge in [-0.15, -0.1) is 0 Å². The molecule has 24 heavy (non-hydrogen) atoms. The zero-order chi connectivity index (χ0) is 16.5. The maximum absolute atomic E-state index is 4.55. The first kappa shape index (κ1) is 15.6. The molecule has 0 spiro atoms. The van der Waals surface area contributed by atoms with Crippen LogP contribution >= 0.6 is 0 Å². The summed E-state index contributed by atoms with van der Waals surface area (Å²) in [6.07, 6.45) is 9.26. The molecular weight excluding hydrogens is 300 g/mol. The minimum Gasteiger partial charge on any atom is -0.356 e. The second-order valence-electron chi connectivity index (χ2n) is 7.18. The lowest BCUT2D eigenvalue weighted by atomic mass is 10.0. The van der Waals surface area contributed by atoms with E-state index < -0.39 is 0 Å². The molecule has 2 aromatic rings. The minimum absolute atomic E-state index is 0.590. The van der Waals surface area contributed by atoms with Crippen LogP contribution in [0.4, 0.5) is 5.82 Å². The van der Waals surface area contributed by atoms with Gasteiger partial charge in [0.2, 0.25) is 0 Å². The average molecular weight is 326 g/mol. The predicted octanol–water partition coefficient (Wildman–Crippen LogP) is 2.20. The summed E-state index contributed by atoms with van der Waals surface area (Å²) < 4.78 is 0. The van der Waals surface area contributed by atoms with E-state index in [0.29, 0.717) is 6.04 Å². The van der Waals surface area contributed by atoms with Crippen LogP contribution in [-0.2, 0) is 0 Å². The van der Waals surface area contributed by atoms with Crippen LogP contribution in [0.1, 0.15) is 19.3 Å². The Hall–Kier alpha value is -1.95. The third-order valence-electron chi connectivity index (χ3n) is 5.77. The third kappa shape index (κ3) is 2.79. The smallest absolute Gasteiger partial charge is 0.142 e. The normalized spacial score (nSPS) is 27.3. The van der Waals surface area contributed by atoms with Crippen LogP contribution in [0.2, 0.25) is 0 Å². The van der Waals surface area contributed by atoms with Crippen molar-refractivity contribution in [3.63, 3.8) is 0 Å². The third-order valence-corrected chi connectivity index (χ3v) is 5.77. The summed E-state index contributed by atoms with van der Waals surface area (Å²) >= 11 is 0. The van der Waals surface area contributed by atoms with E-state index in [0.717, 1.165) is 41.7 Å². The van der Waals surface area contributed by atoms with Crippen molar-refractivity contribution in [2.24, 2.45) is 16.8 Å². The Bertz CT molecular complexity index is 709. The fourth-order valence-corrected chi connectivity index (χ4v) is 4.55. The number of nitrogens with one attached hydrogen (secondary N) is 1. The van der Waals surface area contributed by atoms with Gasteiger partial charge in [0.15, 0.2) is 0 Å². The van der Waals surface area contributed by atoms with Crippen LogP contribution in [-0.4, -0.2) is 65.8 Å². The summed E-state index contributed by atoms with van der Waals surface area (Å²) in [5.74, 6) is 2.72. The molecule has 0 amide bonds. The van der Waals surface area contributed by atoms with Crippen molar-refractivity contribution in [3.05, 3.63) is 18.6 Å². The van der Waals surface area contributed by atoms with E-state index in [2.05, 4.69) is 42.9 Å². The number of rotatable bonds is 5. The quantitative estimate of drug-likeness (QED) is 0.856. The van der Waals surface area contributed by atoms with E-state index in [1.165, 1.54) is 25.9 Å². The highest BCUT2D eigenvalue weighted by atomic mass is 15.2. The van der Waals surface area contributed by atoms with E-state index in [4.69, 9.17) is 0 Å². The van der Waals surface area contributed by atoms with E-state index >= 15 is 0 Å². The van der Waals surface area contributed by atoms with Crippen LogP contribution in [0.25, 0.3) is 11.0 Å². The van der Waals surface area contributed by atoms with Gasteiger partial charge in [0.25, 0.3) is 0 Å². The number of hydrogen-bond acceptors (Lipinski definition) is 5. The maximum Gasteiger partial charge on any atom is 0.142 e. The largest absolute Gasteiger partial charge is 0.356 e. The zero-order valence-corrected chi connectivity index (χ0v) is 14.5. The van der Waals surface area contributed by atoms with Crippen LogP contribution in [0.5, 0.6) is 0 Å². The molecule has 1 saturated carbocycles. The fraction of sp³-hybridized carbons (Fsp3) is 0.611. The standard InChI is InChI=1S/C18H26N6/c1-19-5-3-7-24-10-13-8-15(9-14(13)11-24)23(2)18-16-4-6-20-17(16)21-12-22-18/h4-6,12-15H,3,7-11H2,1-2H3,(H,20,21,22)/t13-,14+,15?. The van der Waals surface area contributed by atoms with Gasteiger partial charge in [-0.3, -0.25) is 0 Å². The van der Waals surface area contributed by atoms with Gasteiger partial charge in [-0.05, 0) is 43.4 Å². The van der Waals surface area contributed by atoms with Crippen LogP contribution in [0.3, 0.4) is 0 Å². The molecule has 1 unspecified atom stereocenters. The van der Waals surface area contributed by atoms with E-state index in [1.807, 2.05) is 19.5 Å². The number of aromatic amines is 1. The molecule has 0 aromatic carbocycles. The molecule has 3 heterocycles. The molecule has 1 aliphatic carbocycles. The summed E-state index contributed by atoms with van der Waals surface area (Å²) in [6.45, 7) is 3.65. The van der Waals surface area contributed by atoms with Crippen LogP contribution < -0.4 is 4.90 Å². The monoisotopic (exact) mass is 326 g/mol. The Morgan fingerprint density at radius 2 is 2.12 bits per heavy atom. The number of hydrogen-bond donors (Lipinski definition) is 1. The van der Waals surface area contributed by atoms with E-state index in [1.54, 1.807) is 6.33 Å². The summed E-state index contributed by atoms with van der Waals surface area (Å²) in [7, 11) is 4.05. The van der Waals surface area contributed by atoms with Gasteiger partial charge in [0, 0.05) is 46.0 Å². The predicted molar refractivity (Wildman–Crippen MR) is 97.8 cm³/mol. The first-order chi connectivity index (χ1) is 11.8. The van der Waals surface area contributed by atoms with Crippen molar-refractivity contribution >= 4 is 23.1 Å². The molecule has 128 valence electrons. The molecule has 3 atom stereocenters. The summed E-state index contributed by atoms with van der Waals surface area (Å²) in [5.41, 5.74) is 0.925. The van der Waals surface area contributed by atoms with Gasteiger partial charge in [-0.25, -0.2) is 9.97 Å². The molecule has 1 saturated heterocycles. The molecule has 4 rings (SSSR count). The van der Waals surface area contributed by atoms with Crippen molar-refractivity contribution < 1.29 is 0 Å². The number of anilines is 1. The average Bonchev–Trinajstić information content (AvgIpc) is 3.27. The molecule has 6 heteroatoms. The lowest BCUT2D eigenvalue weighted by Gasteiger charge is -2.27. The number of nitrogens with zero attached hydrogens (tertiary/aromatic N) is 5. The number of H-pyrrole nitrogens is 1. The molecule has 2 fully saturated rings. The Morgan fingerprint density at radius 1 is 1.33 bits per heavy atom. The van der Waals surface area contributed by atoms with Gasteiger partial charge in [0.05, 0.1) is 5.39 Å². The molecule has 0 radical (unpaired) electrons. The first-order valence-corrected chi connectivity index (χ1v) is 8.90. The Morgan fingerprint density at radius 3 is 2.88 bits per heavy atom. The number of aliphatic imine (C=N–C) groups is 1. The second kappa shape index (κ2) is 6.51. The van der Waals surface area contributed by atoms with Crippen molar-refractivity contribution in [1.82, 2.24) is 19.9 Å². The number of likely N-dealkylation sites (tertiary alicyclic amines) is 1. The zero-order valence-electron chi connectivity index (χ0n) is 14.5. The van der Waals surface area contributed by atoms with Gasteiger partial charge in [-0.1, -0.05) is 0 Å². The Balaban J connectivity index is 1.41. The van der Waals surface area contributed by atoms with Crippen LogP contribution in [0, 0.1) is 11.8 Å². The van der Waals surface area contributed by atoms with E-state index in [9.17, 15) is 0 Å². The Labute approximate surface area is 143 Å². The number of fused-ring (bicyclic) bond motifs is 2. The topological polar surface area (TPSA) is 60.4 Å². The maximum atomic E-state index is 4.55. The van der Waals surface area contributed by atoms with Gasteiger partial charge in [-0.2, -0.15) is 0 Å². The SMILES string of the molecule is CN=CCCN1C[C@H]2CC(N(C)c3ncnc4[nH]ccc34)C[C@H]2C1. The lowest BCUT2D eigenvalue weighted by Crippen LogP contribution is -2.33. The number of aromatic nitrogens is 3. The highest BCUT2D eigenvalue weighted by Gasteiger charge is 2.42. The molecule has 1 aliphatic heterocycles. The van der Waals surface area contributed by atoms with Gasteiger partial charge < -0.3 is 19.8 Å². The van der Waals surface area contributed by atoms with Crippen LogP contribution in [0.15, 0.2) is 23.6 Å². The molecule has 1 N–H and O–H groups in total. The molecular formula is C18H26N6. The summed E-state index contributed by atoms with van der Waals surface area (Å²) in [5, 5.41) is 1.12. The van der Waals surface area contributed by atoms with E-state index in [-0.39, 0.29) is 0 Å². The van der Waals surface area contributed by atoms with Crippen molar-refractivity contribution in [2.45, 2.75) is 25.3 Å². The second-order valence-corrected chi connectivity index (χ2v) is 7.18. The summed E-state index contributed by atoms with van der Waals surface area (Å²) in [6, 6.07) is 2.67. The molecule has 2 aromatic heterocycles. The first-order valence-electron chi connectivity index (χ1n) is 8.90. The van der Waals surface area contributed by atoms with Crippen molar-refractivity contribution in [3.8, 4) is 0 Å². The summed E-state index contributed by atoms with van der Waals surface area (Å²) in [4.78, 5) is 21.1. The van der Waals surface area contributed by atoms with Crippen molar-refractivity contribution in [2.75, 3.05) is 38.6 Å². The van der Waals surface area contributed by atoms with Gasteiger partial charge >= 0.3 is 0 Å². The lowest BCUT2D eigenvalue weighted by molar-refractivity contribution is 0.315. The fourth-order valence-electron chi connectivity index (χ4n) is 4.55. The minimum atomic E-state index is 0.590.